The second-order valence-corrected chi connectivity index (χ2v) is 7.91. The zero-order chi connectivity index (χ0) is 23.4. The molecule has 1 N–H and O–H groups in total. The van der Waals surface area contributed by atoms with Gasteiger partial charge in [0.05, 0.1) is 15.5 Å². The van der Waals surface area contributed by atoms with Crippen LogP contribution in [0.25, 0.3) is 23.0 Å². The first-order valence-corrected chi connectivity index (χ1v) is 10.5. The number of hydrogen-bond donors (Lipinski definition) is 1. The third-order valence-electron chi connectivity index (χ3n) is 4.37. The minimum absolute atomic E-state index is 0.125. The monoisotopic (exact) mass is 477 g/mol. The Morgan fingerprint density at radius 1 is 1.18 bits per heavy atom. The number of hydrogen-bond acceptors (Lipinski definition) is 8. The van der Waals surface area contributed by atoms with E-state index < -0.39 is 4.92 Å². The van der Waals surface area contributed by atoms with Crippen LogP contribution >= 0.6 is 22.9 Å². The molecule has 0 saturated heterocycles. The van der Waals surface area contributed by atoms with E-state index in [9.17, 15) is 20.2 Å². The molecular weight excluding hydrogens is 466 g/mol. The quantitative estimate of drug-likeness (QED) is 0.214. The van der Waals surface area contributed by atoms with Crippen molar-refractivity contribution >= 4 is 51.3 Å². The standard InChI is InChI=1S/C22H12ClN5O4S/c23-18-8-6-15(28(30)31)11-17(18)19-9-7-16(32-19)10-14(12-24)21-26-27-22(33-21)25-20(29)13-4-2-1-3-5-13/h1-11H,(H,25,27,29). The molecule has 0 spiro atoms. The normalized spacial score (nSPS) is 11.1. The smallest absolute Gasteiger partial charge is 0.270 e. The van der Waals surface area contributed by atoms with Crippen molar-refractivity contribution in [2.24, 2.45) is 0 Å². The molecule has 0 fully saturated rings. The summed E-state index contributed by atoms with van der Waals surface area (Å²) in [6.07, 6.45) is 1.46. The molecule has 4 rings (SSSR count). The number of carbonyl (C=O) groups excluding carboxylic acids is 1. The topological polar surface area (TPSA) is 135 Å². The van der Waals surface area contributed by atoms with E-state index in [1.165, 1.54) is 24.3 Å². The van der Waals surface area contributed by atoms with Gasteiger partial charge in [0.25, 0.3) is 11.6 Å². The first kappa shape index (κ1) is 21.9. The molecule has 0 atom stereocenters. The predicted octanol–water partition coefficient (Wildman–Crippen LogP) is 5.68. The van der Waals surface area contributed by atoms with Crippen LogP contribution in [0, 0.1) is 21.4 Å². The molecule has 2 aromatic heterocycles. The lowest BCUT2D eigenvalue weighted by atomic mass is 10.1. The maximum Gasteiger partial charge on any atom is 0.270 e. The molecule has 0 aliphatic heterocycles. The molecule has 0 saturated carbocycles. The fourth-order valence-electron chi connectivity index (χ4n) is 2.82. The van der Waals surface area contributed by atoms with Crippen molar-refractivity contribution < 1.29 is 14.1 Å². The Morgan fingerprint density at radius 3 is 2.70 bits per heavy atom. The number of amides is 1. The highest BCUT2D eigenvalue weighted by Crippen LogP contribution is 2.33. The van der Waals surface area contributed by atoms with Gasteiger partial charge < -0.3 is 4.42 Å². The lowest BCUT2D eigenvalue weighted by Crippen LogP contribution is -2.11. The molecule has 0 radical (unpaired) electrons. The molecule has 0 bridgehead atoms. The number of allylic oxidation sites excluding steroid dienone is 1. The molecule has 4 aromatic rings. The zero-order valence-corrected chi connectivity index (χ0v) is 18.1. The number of nitrogens with one attached hydrogen (secondary N) is 1. The molecule has 0 aliphatic carbocycles. The Kier molecular flexibility index (Phi) is 6.26. The highest BCUT2D eigenvalue weighted by atomic mass is 35.5. The number of carbonyl (C=O) groups is 1. The van der Waals surface area contributed by atoms with Crippen LogP contribution < -0.4 is 5.32 Å². The summed E-state index contributed by atoms with van der Waals surface area (Å²) in [6.45, 7) is 0. The fraction of sp³-hybridized carbons (Fsp3) is 0. The van der Waals surface area contributed by atoms with Crippen molar-refractivity contribution in [3.63, 3.8) is 0 Å². The van der Waals surface area contributed by atoms with Gasteiger partial charge in [0, 0.05) is 29.3 Å². The number of nitrogens with zero attached hydrogens (tertiary/aromatic N) is 4. The summed E-state index contributed by atoms with van der Waals surface area (Å²) in [7, 11) is 0. The first-order valence-electron chi connectivity index (χ1n) is 9.31. The minimum atomic E-state index is -0.527. The van der Waals surface area contributed by atoms with E-state index in [4.69, 9.17) is 16.0 Å². The maximum atomic E-state index is 12.3. The Labute approximate surface area is 195 Å². The van der Waals surface area contributed by atoms with Crippen LogP contribution in [-0.2, 0) is 0 Å². The van der Waals surface area contributed by atoms with Gasteiger partial charge in [0.2, 0.25) is 5.13 Å². The van der Waals surface area contributed by atoms with E-state index in [1.807, 2.05) is 6.07 Å². The van der Waals surface area contributed by atoms with Gasteiger partial charge in [-0.3, -0.25) is 20.2 Å². The largest absolute Gasteiger partial charge is 0.457 e. The SMILES string of the molecule is N#CC(=Cc1ccc(-c2cc([N+](=O)[O-])ccc2Cl)o1)c1nnc(NC(=O)c2ccccc2)s1. The molecule has 11 heteroatoms. The fourth-order valence-corrected chi connectivity index (χ4v) is 3.73. The van der Waals surface area contributed by atoms with E-state index in [2.05, 4.69) is 15.5 Å². The van der Waals surface area contributed by atoms with Crippen molar-refractivity contribution in [1.29, 1.82) is 5.26 Å². The molecule has 9 nitrogen and oxygen atoms in total. The number of rotatable bonds is 6. The van der Waals surface area contributed by atoms with E-state index in [0.29, 0.717) is 22.6 Å². The number of nitriles is 1. The molecule has 162 valence electrons. The third-order valence-corrected chi connectivity index (χ3v) is 5.57. The summed E-state index contributed by atoms with van der Waals surface area (Å²) >= 11 is 7.20. The van der Waals surface area contributed by atoms with Crippen LogP contribution in [0.2, 0.25) is 5.02 Å². The van der Waals surface area contributed by atoms with Gasteiger partial charge in [-0.1, -0.05) is 41.1 Å². The van der Waals surface area contributed by atoms with E-state index in [0.717, 1.165) is 11.3 Å². The number of nitro groups is 1. The van der Waals surface area contributed by atoms with Gasteiger partial charge in [-0.25, -0.2) is 0 Å². The molecule has 33 heavy (non-hydrogen) atoms. The number of furan rings is 1. The van der Waals surface area contributed by atoms with Crippen LogP contribution in [0.3, 0.4) is 0 Å². The zero-order valence-electron chi connectivity index (χ0n) is 16.6. The van der Waals surface area contributed by atoms with Crippen molar-refractivity contribution in [3.8, 4) is 17.4 Å². The Morgan fingerprint density at radius 2 is 1.97 bits per heavy atom. The second-order valence-electron chi connectivity index (χ2n) is 6.53. The number of non-ortho nitro benzene ring substituents is 1. The van der Waals surface area contributed by atoms with Gasteiger partial charge in [-0.2, -0.15) is 5.26 Å². The molecule has 2 heterocycles. The maximum absolute atomic E-state index is 12.3. The van der Waals surface area contributed by atoms with Crippen molar-refractivity contribution in [1.82, 2.24) is 10.2 Å². The lowest BCUT2D eigenvalue weighted by molar-refractivity contribution is -0.384. The van der Waals surface area contributed by atoms with Crippen molar-refractivity contribution in [2.45, 2.75) is 0 Å². The Bertz CT molecular complexity index is 1420. The Hall–Kier alpha value is -4.33. The van der Waals surface area contributed by atoms with Gasteiger partial charge in [0.1, 0.15) is 17.6 Å². The van der Waals surface area contributed by atoms with E-state index >= 15 is 0 Å². The molecule has 1 amide bonds. The number of halogens is 1. The number of benzene rings is 2. The van der Waals surface area contributed by atoms with Gasteiger partial charge in [-0.05, 0) is 30.3 Å². The van der Waals surface area contributed by atoms with Crippen molar-refractivity contribution in [2.75, 3.05) is 5.32 Å². The average Bonchev–Trinajstić information content (AvgIpc) is 3.48. The summed E-state index contributed by atoms with van der Waals surface area (Å²) in [5, 5.41) is 31.9. The average molecular weight is 478 g/mol. The van der Waals surface area contributed by atoms with Crippen LogP contribution in [0.5, 0.6) is 0 Å². The van der Waals surface area contributed by atoms with Crippen LogP contribution in [-0.4, -0.2) is 21.0 Å². The lowest BCUT2D eigenvalue weighted by Gasteiger charge is -2.00. The predicted molar refractivity (Wildman–Crippen MR) is 124 cm³/mol. The molecule has 0 unspecified atom stereocenters. The van der Waals surface area contributed by atoms with Crippen LogP contribution in [0.15, 0.2) is 65.1 Å². The summed E-state index contributed by atoms with van der Waals surface area (Å²) in [5.41, 5.74) is 0.859. The van der Waals surface area contributed by atoms with Crippen molar-refractivity contribution in [3.05, 3.63) is 92.1 Å². The molecule has 0 aliphatic rings. The Balaban J connectivity index is 1.56. The van der Waals surface area contributed by atoms with Crippen LogP contribution in [0.1, 0.15) is 21.1 Å². The number of nitro benzene ring substituents is 1. The first-order chi connectivity index (χ1) is 15.9. The van der Waals surface area contributed by atoms with Crippen LogP contribution in [0.4, 0.5) is 10.8 Å². The summed E-state index contributed by atoms with van der Waals surface area (Å²) in [6, 6.07) is 17.9. The van der Waals surface area contributed by atoms with E-state index in [1.54, 1.807) is 42.5 Å². The van der Waals surface area contributed by atoms with Gasteiger partial charge in [-0.15, -0.1) is 10.2 Å². The summed E-state index contributed by atoms with van der Waals surface area (Å²) < 4.78 is 5.72. The third kappa shape index (κ3) is 4.95. The minimum Gasteiger partial charge on any atom is -0.457 e. The second kappa shape index (κ2) is 9.44. The van der Waals surface area contributed by atoms with E-state index in [-0.39, 0.29) is 32.3 Å². The van der Waals surface area contributed by atoms with Gasteiger partial charge in [0.15, 0.2) is 5.01 Å². The molecular formula is C22H12ClN5O4S. The van der Waals surface area contributed by atoms with Gasteiger partial charge >= 0.3 is 0 Å². The number of anilines is 1. The summed E-state index contributed by atoms with van der Waals surface area (Å²) in [4.78, 5) is 22.8. The summed E-state index contributed by atoms with van der Waals surface area (Å²) in [5.74, 6) is 0.278. The molecule has 2 aromatic carbocycles. The number of aromatic nitrogens is 2. The highest BCUT2D eigenvalue weighted by molar-refractivity contribution is 7.16. The highest BCUT2D eigenvalue weighted by Gasteiger charge is 2.16.